The number of fused-ring (bicyclic) bond motifs is 1. The molecule has 4 rings (SSSR count). The van der Waals surface area contributed by atoms with Gasteiger partial charge in [0, 0.05) is 52.1 Å². The van der Waals surface area contributed by atoms with E-state index in [1.165, 1.54) is 11.5 Å². The number of halogens is 1. The first-order valence-corrected chi connectivity index (χ1v) is 10.4. The van der Waals surface area contributed by atoms with E-state index < -0.39 is 5.95 Å². The summed E-state index contributed by atoms with van der Waals surface area (Å²) < 4.78 is 16.4. The summed E-state index contributed by atoms with van der Waals surface area (Å²) >= 11 is 5.36. The molecule has 0 radical (unpaired) electrons. The lowest BCUT2D eigenvalue weighted by Crippen LogP contribution is -2.46. The lowest BCUT2D eigenvalue weighted by Gasteiger charge is -2.36. The van der Waals surface area contributed by atoms with Gasteiger partial charge in [-0.1, -0.05) is 18.3 Å². The minimum Gasteiger partial charge on any atom is -0.365 e. The van der Waals surface area contributed by atoms with E-state index in [-0.39, 0.29) is 17.4 Å². The smallest absolute Gasteiger partial charge is 0.326 e. The number of benzene rings is 1. The summed E-state index contributed by atoms with van der Waals surface area (Å²) in [5, 5.41) is 3.33. The number of hydrogen-bond donors (Lipinski definition) is 2. The molecule has 1 saturated heterocycles. The summed E-state index contributed by atoms with van der Waals surface area (Å²) in [6, 6.07) is 9.18. The molecule has 1 aliphatic rings. The summed E-state index contributed by atoms with van der Waals surface area (Å²) in [4.78, 5) is 34.0. The summed E-state index contributed by atoms with van der Waals surface area (Å²) in [6.45, 7) is 4.93. The van der Waals surface area contributed by atoms with Gasteiger partial charge in [0.2, 0.25) is 11.9 Å². The second-order valence-corrected chi connectivity index (χ2v) is 8.01. The van der Waals surface area contributed by atoms with Gasteiger partial charge in [0.25, 0.3) is 0 Å². The SMILES string of the molecule is CC(=O)Nc1ccc(N2CCN(Cc3ccc4c(=S)n(C)c(=O)[nH]c4c3)CC2)c(F)n1. The Morgan fingerprint density at radius 2 is 1.97 bits per heavy atom. The van der Waals surface area contributed by atoms with Crippen LogP contribution >= 0.6 is 12.2 Å². The Bertz CT molecular complexity index is 1260. The molecule has 0 aliphatic carbocycles. The first-order valence-electron chi connectivity index (χ1n) is 9.95. The van der Waals surface area contributed by atoms with Crippen LogP contribution < -0.4 is 15.9 Å². The van der Waals surface area contributed by atoms with Crippen molar-refractivity contribution in [1.82, 2.24) is 19.4 Å². The Morgan fingerprint density at radius 3 is 2.65 bits per heavy atom. The van der Waals surface area contributed by atoms with Crippen molar-refractivity contribution in [1.29, 1.82) is 0 Å². The molecule has 3 heterocycles. The van der Waals surface area contributed by atoms with Crippen LogP contribution in [-0.2, 0) is 18.4 Å². The highest BCUT2D eigenvalue weighted by atomic mass is 32.1. The lowest BCUT2D eigenvalue weighted by atomic mass is 10.1. The van der Waals surface area contributed by atoms with E-state index >= 15 is 0 Å². The van der Waals surface area contributed by atoms with Crippen LogP contribution in [0, 0.1) is 10.6 Å². The van der Waals surface area contributed by atoms with Gasteiger partial charge in [-0.2, -0.15) is 4.39 Å². The van der Waals surface area contributed by atoms with Gasteiger partial charge < -0.3 is 15.2 Å². The molecule has 1 aliphatic heterocycles. The molecule has 0 unspecified atom stereocenters. The predicted octanol–water partition coefficient (Wildman–Crippen LogP) is 2.41. The molecule has 0 bridgehead atoms. The topological polar surface area (TPSA) is 86.3 Å². The van der Waals surface area contributed by atoms with Gasteiger partial charge in [-0.05, 0) is 29.8 Å². The highest BCUT2D eigenvalue weighted by Crippen LogP contribution is 2.22. The van der Waals surface area contributed by atoms with Crippen molar-refractivity contribution in [2.45, 2.75) is 13.5 Å². The Hall–Kier alpha value is -3.11. The number of hydrogen-bond acceptors (Lipinski definition) is 6. The zero-order chi connectivity index (χ0) is 22.1. The monoisotopic (exact) mass is 442 g/mol. The third kappa shape index (κ3) is 4.49. The molecular weight excluding hydrogens is 419 g/mol. The predicted molar refractivity (Wildman–Crippen MR) is 120 cm³/mol. The molecule has 1 fully saturated rings. The van der Waals surface area contributed by atoms with Gasteiger partial charge in [0.15, 0.2) is 0 Å². The summed E-state index contributed by atoms with van der Waals surface area (Å²) in [5.41, 5.74) is 2.01. The fraction of sp³-hybridized carbons (Fsp3) is 0.333. The number of carbonyl (C=O) groups excluding carboxylic acids is 1. The van der Waals surface area contributed by atoms with E-state index in [0.717, 1.165) is 36.1 Å². The van der Waals surface area contributed by atoms with Crippen molar-refractivity contribution in [3.63, 3.8) is 0 Å². The van der Waals surface area contributed by atoms with E-state index in [1.807, 2.05) is 23.1 Å². The zero-order valence-corrected chi connectivity index (χ0v) is 18.1. The van der Waals surface area contributed by atoms with Crippen LogP contribution in [0.4, 0.5) is 15.9 Å². The van der Waals surface area contributed by atoms with Gasteiger partial charge in [-0.15, -0.1) is 0 Å². The average Bonchev–Trinajstić information content (AvgIpc) is 2.72. The quantitative estimate of drug-likeness (QED) is 0.477. The van der Waals surface area contributed by atoms with Crippen LogP contribution in [-0.4, -0.2) is 51.5 Å². The fourth-order valence-electron chi connectivity index (χ4n) is 3.77. The lowest BCUT2D eigenvalue weighted by molar-refractivity contribution is -0.114. The number of amides is 1. The zero-order valence-electron chi connectivity index (χ0n) is 17.3. The van der Waals surface area contributed by atoms with Crippen molar-refractivity contribution in [3.05, 3.63) is 57.0 Å². The maximum Gasteiger partial charge on any atom is 0.326 e. The number of pyridine rings is 1. The molecule has 2 N–H and O–H groups in total. The Kier molecular flexibility index (Phi) is 5.84. The largest absolute Gasteiger partial charge is 0.365 e. The van der Waals surface area contributed by atoms with E-state index in [2.05, 4.69) is 20.2 Å². The third-order valence-corrected chi connectivity index (χ3v) is 5.91. The number of nitrogens with one attached hydrogen (secondary N) is 2. The first kappa shape index (κ1) is 21.1. The van der Waals surface area contributed by atoms with E-state index in [0.29, 0.717) is 23.4 Å². The van der Waals surface area contributed by atoms with Crippen molar-refractivity contribution in [2.75, 3.05) is 36.4 Å². The van der Waals surface area contributed by atoms with Crippen LogP contribution in [0.2, 0.25) is 0 Å². The standard InChI is InChI=1S/C21H23FN6O2S/c1-13(29)23-18-6-5-17(19(22)25-18)28-9-7-27(8-10-28)12-14-3-4-15-16(11-14)24-21(30)26(2)20(15)31/h3-6,11H,7-10,12H2,1-2H3,(H,24,30)(H,23,25,29). The molecule has 1 aromatic carbocycles. The van der Waals surface area contributed by atoms with Crippen LogP contribution in [0.1, 0.15) is 12.5 Å². The van der Waals surface area contributed by atoms with Gasteiger partial charge >= 0.3 is 5.69 Å². The van der Waals surface area contributed by atoms with Gasteiger partial charge in [0.05, 0.1) is 11.2 Å². The number of rotatable bonds is 4. The van der Waals surface area contributed by atoms with Crippen molar-refractivity contribution >= 4 is 40.5 Å². The van der Waals surface area contributed by atoms with Gasteiger partial charge in [-0.3, -0.25) is 14.3 Å². The van der Waals surface area contributed by atoms with E-state index in [1.54, 1.807) is 19.2 Å². The molecule has 0 spiro atoms. The van der Waals surface area contributed by atoms with Crippen LogP contribution in [0.3, 0.4) is 0 Å². The number of nitrogens with zero attached hydrogens (tertiary/aromatic N) is 4. The number of carbonyl (C=O) groups is 1. The molecule has 3 aromatic rings. The Balaban J connectivity index is 1.43. The molecule has 31 heavy (non-hydrogen) atoms. The molecule has 10 heteroatoms. The van der Waals surface area contributed by atoms with Gasteiger partial charge in [-0.25, -0.2) is 9.78 Å². The normalized spacial score (nSPS) is 14.7. The highest BCUT2D eigenvalue weighted by molar-refractivity contribution is 7.71. The highest BCUT2D eigenvalue weighted by Gasteiger charge is 2.21. The Morgan fingerprint density at radius 1 is 1.23 bits per heavy atom. The third-order valence-electron chi connectivity index (χ3n) is 5.42. The molecule has 162 valence electrons. The first-order chi connectivity index (χ1) is 14.8. The number of anilines is 2. The van der Waals surface area contributed by atoms with Crippen molar-refractivity contribution < 1.29 is 9.18 Å². The average molecular weight is 443 g/mol. The number of aromatic nitrogens is 3. The van der Waals surface area contributed by atoms with Crippen LogP contribution in [0.25, 0.3) is 10.9 Å². The Labute approximate surface area is 183 Å². The molecule has 2 aromatic heterocycles. The van der Waals surface area contributed by atoms with Gasteiger partial charge in [0.1, 0.15) is 10.5 Å². The second-order valence-electron chi connectivity index (χ2n) is 7.63. The van der Waals surface area contributed by atoms with Crippen molar-refractivity contribution in [2.24, 2.45) is 7.05 Å². The number of aromatic amines is 1. The van der Waals surface area contributed by atoms with E-state index in [9.17, 15) is 14.0 Å². The van der Waals surface area contributed by atoms with Crippen molar-refractivity contribution in [3.8, 4) is 0 Å². The molecular formula is C21H23FN6O2S. The maximum atomic E-state index is 14.4. The molecule has 0 atom stereocenters. The molecule has 8 nitrogen and oxygen atoms in total. The molecule has 1 amide bonds. The fourth-order valence-corrected chi connectivity index (χ4v) is 4.03. The number of piperazine rings is 1. The minimum absolute atomic E-state index is 0.206. The maximum absolute atomic E-state index is 14.4. The minimum atomic E-state index is -0.592. The van der Waals surface area contributed by atoms with Crippen LogP contribution in [0.5, 0.6) is 0 Å². The van der Waals surface area contributed by atoms with E-state index in [4.69, 9.17) is 12.2 Å². The second kappa shape index (κ2) is 8.56. The van der Waals surface area contributed by atoms with Crippen LogP contribution in [0.15, 0.2) is 35.1 Å². The summed E-state index contributed by atoms with van der Waals surface area (Å²) in [7, 11) is 1.65. The number of H-pyrrole nitrogens is 1. The molecule has 0 saturated carbocycles. The summed E-state index contributed by atoms with van der Waals surface area (Å²) in [6.07, 6.45) is 0. The summed E-state index contributed by atoms with van der Waals surface area (Å²) in [5.74, 6) is -0.674.